The molecular weight excluding hydrogens is 206 g/mol. The maximum Gasteiger partial charge on any atom is 0.217 e. The van der Waals surface area contributed by atoms with E-state index in [0.29, 0.717) is 11.3 Å². The zero-order valence-corrected chi connectivity index (χ0v) is 9.24. The Morgan fingerprint density at radius 2 is 2.25 bits per heavy atom. The summed E-state index contributed by atoms with van der Waals surface area (Å²) in [7, 11) is 0. The molecule has 1 aliphatic heterocycles. The number of ether oxygens (including phenoxy) is 1. The highest BCUT2D eigenvalue weighted by Crippen LogP contribution is 2.25. The van der Waals surface area contributed by atoms with Crippen molar-refractivity contribution in [1.29, 1.82) is 0 Å². The first-order valence-corrected chi connectivity index (χ1v) is 5.12. The minimum atomic E-state index is -0.563. The predicted molar refractivity (Wildman–Crippen MR) is 58.6 cm³/mol. The van der Waals surface area contributed by atoms with Crippen molar-refractivity contribution < 1.29 is 14.3 Å². The molecule has 1 aromatic rings. The number of ketones is 1. The summed E-state index contributed by atoms with van der Waals surface area (Å²) in [6.45, 7) is 3.50. The minimum absolute atomic E-state index is 0.0832. The Balaban J connectivity index is 2.30. The first-order chi connectivity index (χ1) is 7.58. The lowest BCUT2D eigenvalue weighted by atomic mass is 9.99. The molecule has 1 atom stereocenters. The number of amides is 1. The number of aryl methyl sites for hydroxylation is 1. The highest BCUT2D eigenvalue weighted by atomic mass is 16.5. The summed E-state index contributed by atoms with van der Waals surface area (Å²) < 4.78 is 5.43. The van der Waals surface area contributed by atoms with Gasteiger partial charge in [-0.25, -0.2) is 0 Å². The fourth-order valence-electron chi connectivity index (χ4n) is 1.75. The Kier molecular flexibility index (Phi) is 2.64. The van der Waals surface area contributed by atoms with Crippen molar-refractivity contribution in [2.24, 2.45) is 0 Å². The summed E-state index contributed by atoms with van der Waals surface area (Å²) in [5, 5.41) is 2.58. The summed E-state index contributed by atoms with van der Waals surface area (Å²) in [5.41, 5.74) is 1.55. The van der Waals surface area contributed by atoms with Crippen LogP contribution < -0.4 is 10.1 Å². The molecule has 1 aliphatic rings. The average Bonchev–Trinajstić information content (AvgIpc) is 2.22. The Hall–Kier alpha value is -1.84. The number of rotatable bonds is 1. The van der Waals surface area contributed by atoms with Crippen molar-refractivity contribution in [3.05, 3.63) is 29.3 Å². The first-order valence-electron chi connectivity index (χ1n) is 5.12. The summed E-state index contributed by atoms with van der Waals surface area (Å²) >= 11 is 0. The Morgan fingerprint density at radius 1 is 1.50 bits per heavy atom. The van der Waals surface area contributed by atoms with Crippen molar-refractivity contribution in [2.45, 2.75) is 19.9 Å². The SMILES string of the molecule is CC(=O)NC1COc2ccc(C)cc2C1=O. The molecule has 0 radical (unpaired) electrons. The Morgan fingerprint density at radius 3 is 2.94 bits per heavy atom. The lowest BCUT2D eigenvalue weighted by Crippen LogP contribution is -2.46. The van der Waals surface area contributed by atoms with E-state index in [0.717, 1.165) is 5.56 Å². The number of hydrogen-bond donors (Lipinski definition) is 1. The number of nitrogens with one attached hydrogen (secondary N) is 1. The van der Waals surface area contributed by atoms with Crippen LogP contribution in [0.2, 0.25) is 0 Å². The molecule has 4 heteroatoms. The Labute approximate surface area is 93.6 Å². The molecule has 4 nitrogen and oxygen atoms in total. The van der Waals surface area contributed by atoms with Crippen LogP contribution in [0.25, 0.3) is 0 Å². The molecule has 0 aromatic heterocycles. The monoisotopic (exact) mass is 219 g/mol. The fourth-order valence-corrected chi connectivity index (χ4v) is 1.75. The van der Waals surface area contributed by atoms with Gasteiger partial charge in [0.05, 0.1) is 5.56 Å². The van der Waals surface area contributed by atoms with E-state index in [-0.39, 0.29) is 18.3 Å². The van der Waals surface area contributed by atoms with Crippen LogP contribution in [0.15, 0.2) is 18.2 Å². The van der Waals surface area contributed by atoms with Gasteiger partial charge in [0.2, 0.25) is 5.91 Å². The number of hydrogen-bond acceptors (Lipinski definition) is 3. The summed E-state index contributed by atoms with van der Waals surface area (Å²) in [4.78, 5) is 22.9. The van der Waals surface area contributed by atoms with E-state index in [1.807, 2.05) is 13.0 Å². The first kappa shape index (κ1) is 10.7. The van der Waals surface area contributed by atoms with Crippen molar-refractivity contribution >= 4 is 11.7 Å². The van der Waals surface area contributed by atoms with Gasteiger partial charge >= 0.3 is 0 Å². The van der Waals surface area contributed by atoms with Crippen LogP contribution in [0.5, 0.6) is 5.75 Å². The van der Waals surface area contributed by atoms with Crippen molar-refractivity contribution in [2.75, 3.05) is 6.61 Å². The van der Waals surface area contributed by atoms with Crippen LogP contribution >= 0.6 is 0 Å². The molecule has 0 spiro atoms. The number of Topliss-reactive ketones (excluding diaryl/α,β-unsaturated/α-hetero) is 1. The summed E-state index contributed by atoms with van der Waals surface area (Å²) in [6.07, 6.45) is 0. The summed E-state index contributed by atoms with van der Waals surface area (Å²) in [6, 6.07) is 4.90. The smallest absolute Gasteiger partial charge is 0.217 e. The van der Waals surface area contributed by atoms with Gasteiger partial charge in [0.15, 0.2) is 5.78 Å². The molecule has 0 saturated carbocycles. The van der Waals surface area contributed by atoms with Gasteiger partial charge in [0.1, 0.15) is 18.4 Å². The lowest BCUT2D eigenvalue weighted by Gasteiger charge is -2.24. The standard InChI is InChI=1S/C12H13NO3/c1-7-3-4-11-9(5-7)12(15)10(6-16-11)13-8(2)14/h3-5,10H,6H2,1-2H3,(H,13,14). The van der Waals surface area contributed by atoms with Crippen molar-refractivity contribution in [1.82, 2.24) is 5.32 Å². The molecule has 1 aromatic carbocycles. The van der Waals surface area contributed by atoms with Crippen LogP contribution in [0.1, 0.15) is 22.8 Å². The molecular formula is C12H13NO3. The summed E-state index contributed by atoms with van der Waals surface area (Å²) in [5.74, 6) is 0.287. The maximum atomic E-state index is 12.0. The topological polar surface area (TPSA) is 55.4 Å². The number of carbonyl (C=O) groups excluding carboxylic acids is 2. The van der Waals surface area contributed by atoms with E-state index < -0.39 is 6.04 Å². The molecule has 1 amide bonds. The van der Waals surface area contributed by atoms with E-state index >= 15 is 0 Å². The van der Waals surface area contributed by atoms with Crippen molar-refractivity contribution in [3.8, 4) is 5.75 Å². The number of benzene rings is 1. The molecule has 1 unspecified atom stereocenters. The highest BCUT2D eigenvalue weighted by Gasteiger charge is 2.29. The average molecular weight is 219 g/mol. The highest BCUT2D eigenvalue weighted by molar-refractivity contribution is 6.04. The van der Waals surface area contributed by atoms with E-state index in [9.17, 15) is 9.59 Å². The Bertz CT molecular complexity index is 454. The third-order valence-electron chi connectivity index (χ3n) is 2.50. The molecule has 0 bridgehead atoms. The third kappa shape index (κ3) is 1.91. The molecule has 16 heavy (non-hydrogen) atoms. The van der Waals surface area contributed by atoms with E-state index in [4.69, 9.17) is 4.74 Å². The normalized spacial score (nSPS) is 18.6. The van der Waals surface area contributed by atoms with Gasteiger partial charge in [-0.2, -0.15) is 0 Å². The minimum Gasteiger partial charge on any atom is -0.490 e. The van der Waals surface area contributed by atoms with Gasteiger partial charge in [-0.05, 0) is 19.1 Å². The second-order valence-electron chi connectivity index (χ2n) is 3.93. The lowest BCUT2D eigenvalue weighted by molar-refractivity contribution is -0.119. The quantitative estimate of drug-likeness (QED) is 0.768. The fraction of sp³-hybridized carbons (Fsp3) is 0.333. The zero-order chi connectivity index (χ0) is 11.7. The molecule has 0 saturated heterocycles. The van der Waals surface area contributed by atoms with Crippen LogP contribution in [-0.2, 0) is 4.79 Å². The van der Waals surface area contributed by atoms with Gasteiger partial charge < -0.3 is 10.1 Å². The van der Waals surface area contributed by atoms with Crippen LogP contribution in [-0.4, -0.2) is 24.3 Å². The molecule has 84 valence electrons. The van der Waals surface area contributed by atoms with E-state index in [1.54, 1.807) is 12.1 Å². The van der Waals surface area contributed by atoms with Crippen LogP contribution in [0.3, 0.4) is 0 Å². The molecule has 1 heterocycles. The van der Waals surface area contributed by atoms with E-state index in [2.05, 4.69) is 5.32 Å². The van der Waals surface area contributed by atoms with Crippen molar-refractivity contribution in [3.63, 3.8) is 0 Å². The molecule has 0 fully saturated rings. The number of carbonyl (C=O) groups is 2. The molecule has 2 rings (SSSR count). The van der Waals surface area contributed by atoms with Gasteiger partial charge in [-0.15, -0.1) is 0 Å². The van der Waals surface area contributed by atoms with Gasteiger partial charge in [0.25, 0.3) is 0 Å². The molecule has 1 N–H and O–H groups in total. The van der Waals surface area contributed by atoms with Crippen LogP contribution in [0, 0.1) is 6.92 Å². The largest absolute Gasteiger partial charge is 0.490 e. The predicted octanol–water partition coefficient (Wildman–Crippen LogP) is 1.07. The van der Waals surface area contributed by atoms with E-state index in [1.165, 1.54) is 6.92 Å². The van der Waals surface area contributed by atoms with Gasteiger partial charge in [0, 0.05) is 6.92 Å². The van der Waals surface area contributed by atoms with Crippen LogP contribution in [0.4, 0.5) is 0 Å². The maximum absolute atomic E-state index is 12.0. The molecule has 0 aliphatic carbocycles. The van der Waals surface area contributed by atoms with Gasteiger partial charge in [-0.1, -0.05) is 11.6 Å². The number of fused-ring (bicyclic) bond motifs is 1. The second kappa shape index (κ2) is 3.96. The third-order valence-corrected chi connectivity index (χ3v) is 2.50. The zero-order valence-electron chi connectivity index (χ0n) is 9.24. The second-order valence-corrected chi connectivity index (χ2v) is 3.93. The van der Waals surface area contributed by atoms with Gasteiger partial charge in [-0.3, -0.25) is 9.59 Å².